The van der Waals surface area contributed by atoms with Crippen LogP contribution in [0.1, 0.15) is 32.2 Å². The molecule has 0 aliphatic rings. The zero-order valence-corrected chi connectivity index (χ0v) is 10.8. The van der Waals surface area contributed by atoms with Gasteiger partial charge in [-0.1, -0.05) is 32.4 Å². The normalized spacial score (nSPS) is 14.3. The monoisotopic (exact) mass is 230 g/mol. The predicted molar refractivity (Wildman–Crippen MR) is 62.1 cm³/mol. The molecule has 1 aromatic rings. The zero-order chi connectivity index (χ0) is 11.8. The highest BCUT2D eigenvalue weighted by molar-refractivity contribution is 6.31. The molecule has 0 bridgehead atoms. The van der Waals surface area contributed by atoms with Gasteiger partial charge in [-0.25, -0.2) is 0 Å². The minimum absolute atomic E-state index is 0.137. The molecule has 0 spiro atoms. The fourth-order valence-electron chi connectivity index (χ4n) is 1.39. The van der Waals surface area contributed by atoms with Crippen LogP contribution in [0.5, 0.6) is 0 Å². The van der Waals surface area contributed by atoms with Crippen LogP contribution in [-0.4, -0.2) is 21.0 Å². The first-order chi connectivity index (χ1) is 6.73. The molecule has 0 aliphatic heterocycles. The van der Waals surface area contributed by atoms with E-state index < -0.39 is 6.10 Å². The molecule has 0 aliphatic carbocycles. The van der Waals surface area contributed by atoms with E-state index in [9.17, 15) is 5.11 Å². The molecule has 0 saturated carbocycles. The number of hydrogen-bond acceptors (Lipinski definition) is 2. The summed E-state index contributed by atoms with van der Waals surface area (Å²) in [5.41, 5.74) is 1.58. The van der Waals surface area contributed by atoms with Gasteiger partial charge in [0, 0.05) is 13.5 Å². The number of aromatic nitrogens is 2. The number of aliphatic hydroxyl groups excluding tert-OH is 1. The molecular formula is C11H19ClN2O. The molecule has 1 atom stereocenters. The van der Waals surface area contributed by atoms with Crippen LogP contribution in [0.2, 0.25) is 5.02 Å². The molecule has 0 saturated heterocycles. The van der Waals surface area contributed by atoms with E-state index in [1.807, 2.05) is 34.7 Å². The van der Waals surface area contributed by atoms with Gasteiger partial charge in [-0.2, -0.15) is 5.10 Å². The molecule has 1 unspecified atom stereocenters. The molecule has 0 radical (unpaired) electrons. The van der Waals surface area contributed by atoms with E-state index in [0.29, 0.717) is 11.4 Å². The van der Waals surface area contributed by atoms with Gasteiger partial charge in [0.25, 0.3) is 0 Å². The molecule has 1 heterocycles. The molecule has 0 fully saturated rings. The Morgan fingerprint density at radius 3 is 2.33 bits per heavy atom. The Kier molecular flexibility index (Phi) is 3.46. The van der Waals surface area contributed by atoms with Crippen LogP contribution < -0.4 is 0 Å². The van der Waals surface area contributed by atoms with Crippen LogP contribution in [0.3, 0.4) is 0 Å². The van der Waals surface area contributed by atoms with Crippen molar-refractivity contribution in [2.24, 2.45) is 12.5 Å². The fraction of sp³-hybridized carbons (Fsp3) is 0.727. The molecule has 1 aromatic heterocycles. The third-order valence-corrected chi connectivity index (χ3v) is 3.14. The molecule has 86 valence electrons. The lowest BCUT2D eigenvalue weighted by Gasteiger charge is -2.25. The maximum atomic E-state index is 10.00. The lowest BCUT2D eigenvalue weighted by atomic mass is 9.86. The van der Waals surface area contributed by atoms with Gasteiger partial charge in [-0.3, -0.25) is 4.68 Å². The lowest BCUT2D eigenvalue weighted by molar-refractivity contribution is 0.0620. The third kappa shape index (κ3) is 2.73. The summed E-state index contributed by atoms with van der Waals surface area (Å²) in [6, 6.07) is 0. The number of halogens is 1. The first-order valence-electron chi connectivity index (χ1n) is 5.09. The topological polar surface area (TPSA) is 38.0 Å². The van der Waals surface area contributed by atoms with Gasteiger partial charge in [0.05, 0.1) is 22.5 Å². The van der Waals surface area contributed by atoms with Crippen LogP contribution in [-0.2, 0) is 13.5 Å². The second kappa shape index (κ2) is 4.14. The first kappa shape index (κ1) is 12.5. The number of nitrogens with zero attached hydrogens (tertiary/aromatic N) is 2. The standard InChI is InChI=1S/C11H19ClN2O/c1-7-10(12)8(14(5)13-7)6-9(15)11(2,3)4/h9,15H,6H2,1-5H3. The Bertz CT molecular complexity index is 352. The number of aryl methyl sites for hydroxylation is 2. The van der Waals surface area contributed by atoms with Crippen LogP contribution in [0, 0.1) is 12.3 Å². The maximum Gasteiger partial charge on any atom is 0.0847 e. The van der Waals surface area contributed by atoms with Gasteiger partial charge in [0.15, 0.2) is 0 Å². The summed E-state index contributed by atoms with van der Waals surface area (Å²) in [6.07, 6.45) is 0.129. The molecule has 4 heteroatoms. The Hall–Kier alpha value is -0.540. The van der Waals surface area contributed by atoms with E-state index in [0.717, 1.165) is 11.4 Å². The van der Waals surface area contributed by atoms with Crippen LogP contribution >= 0.6 is 11.6 Å². The number of aliphatic hydroxyl groups is 1. The van der Waals surface area contributed by atoms with E-state index in [2.05, 4.69) is 5.10 Å². The van der Waals surface area contributed by atoms with E-state index in [-0.39, 0.29) is 5.41 Å². The first-order valence-corrected chi connectivity index (χ1v) is 5.47. The molecular weight excluding hydrogens is 212 g/mol. The third-order valence-electron chi connectivity index (χ3n) is 2.65. The van der Waals surface area contributed by atoms with Crippen molar-refractivity contribution in [2.75, 3.05) is 0 Å². The van der Waals surface area contributed by atoms with Gasteiger partial charge < -0.3 is 5.11 Å². The van der Waals surface area contributed by atoms with Crippen molar-refractivity contribution in [3.8, 4) is 0 Å². The molecule has 1 rings (SSSR count). The highest BCUT2D eigenvalue weighted by Gasteiger charge is 2.25. The fourth-order valence-corrected chi connectivity index (χ4v) is 1.63. The van der Waals surface area contributed by atoms with Gasteiger partial charge >= 0.3 is 0 Å². The average Bonchev–Trinajstić information content (AvgIpc) is 2.30. The minimum atomic E-state index is -0.412. The van der Waals surface area contributed by atoms with Crippen molar-refractivity contribution >= 4 is 11.6 Å². The van der Waals surface area contributed by atoms with Crippen molar-refractivity contribution in [3.63, 3.8) is 0 Å². The van der Waals surface area contributed by atoms with Crippen molar-refractivity contribution in [3.05, 3.63) is 16.4 Å². The van der Waals surface area contributed by atoms with Gasteiger partial charge in [-0.05, 0) is 12.3 Å². The quantitative estimate of drug-likeness (QED) is 0.847. The summed E-state index contributed by atoms with van der Waals surface area (Å²) >= 11 is 6.11. The smallest absolute Gasteiger partial charge is 0.0847 e. The molecule has 1 N–H and O–H groups in total. The van der Waals surface area contributed by atoms with Crippen LogP contribution in [0.15, 0.2) is 0 Å². The van der Waals surface area contributed by atoms with E-state index >= 15 is 0 Å². The molecule has 15 heavy (non-hydrogen) atoms. The Morgan fingerprint density at radius 1 is 1.47 bits per heavy atom. The minimum Gasteiger partial charge on any atom is -0.392 e. The molecule has 3 nitrogen and oxygen atoms in total. The summed E-state index contributed by atoms with van der Waals surface area (Å²) in [5.74, 6) is 0. The highest BCUT2D eigenvalue weighted by atomic mass is 35.5. The Labute approximate surface area is 96.1 Å². The summed E-state index contributed by atoms with van der Waals surface area (Å²) in [5, 5.41) is 14.9. The summed E-state index contributed by atoms with van der Waals surface area (Å²) < 4.78 is 1.74. The van der Waals surface area contributed by atoms with Crippen molar-refractivity contribution in [1.29, 1.82) is 0 Å². The molecule has 0 amide bonds. The van der Waals surface area contributed by atoms with Crippen LogP contribution in [0.4, 0.5) is 0 Å². The summed E-state index contributed by atoms with van der Waals surface area (Å²) in [6.45, 7) is 7.90. The van der Waals surface area contributed by atoms with E-state index in [1.165, 1.54) is 0 Å². The van der Waals surface area contributed by atoms with E-state index in [4.69, 9.17) is 11.6 Å². The largest absolute Gasteiger partial charge is 0.392 e. The SMILES string of the molecule is Cc1nn(C)c(CC(O)C(C)(C)C)c1Cl. The number of hydrogen-bond donors (Lipinski definition) is 1. The van der Waals surface area contributed by atoms with Crippen molar-refractivity contribution in [1.82, 2.24) is 9.78 Å². The van der Waals surface area contributed by atoms with Gasteiger partial charge in [0.2, 0.25) is 0 Å². The predicted octanol–water partition coefficient (Wildman–Crippen LogP) is 2.33. The number of rotatable bonds is 2. The van der Waals surface area contributed by atoms with Gasteiger partial charge in [-0.15, -0.1) is 0 Å². The Balaban J connectivity index is 2.90. The average molecular weight is 231 g/mol. The summed E-state index contributed by atoms with van der Waals surface area (Å²) in [4.78, 5) is 0. The second-order valence-corrected chi connectivity index (χ2v) is 5.43. The zero-order valence-electron chi connectivity index (χ0n) is 10.0. The lowest BCUT2D eigenvalue weighted by Crippen LogP contribution is -2.29. The van der Waals surface area contributed by atoms with Crippen LogP contribution in [0.25, 0.3) is 0 Å². The molecule has 0 aromatic carbocycles. The Morgan fingerprint density at radius 2 is 2.00 bits per heavy atom. The highest BCUT2D eigenvalue weighted by Crippen LogP contribution is 2.26. The maximum absolute atomic E-state index is 10.00. The van der Waals surface area contributed by atoms with E-state index in [1.54, 1.807) is 4.68 Å². The van der Waals surface area contributed by atoms with Crippen molar-refractivity contribution < 1.29 is 5.11 Å². The van der Waals surface area contributed by atoms with Gasteiger partial charge in [0.1, 0.15) is 0 Å². The second-order valence-electron chi connectivity index (χ2n) is 5.06. The van der Waals surface area contributed by atoms with Crippen molar-refractivity contribution in [2.45, 2.75) is 40.2 Å². The summed E-state index contributed by atoms with van der Waals surface area (Å²) in [7, 11) is 1.85.